The van der Waals surface area contributed by atoms with Crippen molar-refractivity contribution in [2.24, 2.45) is 5.92 Å². The minimum absolute atomic E-state index is 0.112. The molecule has 1 heterocycles. The highest BCUT2D eigenvalue weighted by molar-refractivity contribution is 5.94. The van der Waals surface area contributed by atoms with Crippen molar-refractivity contribution in [2.75, 3.05) is 6.54 Å². The zero-order valence-electron chi connectivity index (χ0n) is 13.4. The number of hydrogen-bond acceptors (Lipinski definition) is 4. The number of rotatable bonds is 5. The summed E-state index contributed by atoms with van der Waals surface area (Å²) < 4.78 is 1.74. The minimum atomic E-state index is -0.538. The Balaban J connectivity index is 2.05. The molecule has 0 saturated heterocycles. The van der Waals surface area contributed by atoms with Gasteiger partial charge >= 0.3 is 0 Å². The lowest BCUT2D eigenvalue weighted by atomic mass is 10.1. The number of amides is 1. The average molecular weight is 302 g/mol. The maximum atomic E-state index is 12.0. The van der Waals surface area contributed by atoms with Crippen LogP contribution < -0.4 is 5.32 Å². The maximum Gasteiger partial charge on any atom is 0.251 e. The van der Waals surface area contributed by atoms with Gasteiger partial charge in [-0.1, -0.05) is 13.8 Å². The standard InChI is InChI=1S/C16H22N4O2/c1-10(2)15(21)9-17-16(22)13-5-7-14(8-6-13)20-12(4)18-11(3)19-20/h5-8,10,15,21H,9H2,1-4H3,(H,17,22). The van der Waals surface area contributed by atoms with Crippen LogP contribution in [-0.2, 0) is 0 Å². The third-order valence-corrected chi connectivity index (χ3v) is 3.49. The van der Waals surface area contributed by atoms with Crippen molar-refractivity contribution < 1.29 is 9.90 Å². The zero-order valence-corrected chi connectivity index (χ0v) is 13.4. The van der Waals surface area contributed by atoms with Crippen LogP contribution >= 0.6 is 0 Å². The number of aryl methyl sites for hydroxylation is 2. The van der Waals surface area contributed by atoms with E-state index in [2.05, 4.69) is 15.4 Å². The van der Waals surface area contributed by atoms with Crippen LogP contribution in [0.2, 0.25) is 0 Å². The lowest BCUT2D eigenvalue weighted by molar-refractivity contribution is 0.0871. The van der Waals surface area contributed by atoms with Gasteiger partial charge in [-0.2, -0.15) is 5.10 Å². The summed E-state index contributed by atoms with van der Waals surface area (Å²) in [6.45, 7) is 7.79. The molecule has 6 nitrogen and oxygen atoms in total. The van der Waals surface area contributed by atoms with Gasteiger partial charge in [0.2, 0.25) is 0 Å². The summed E-state index contributed by atoms with van der Waals surface area (Å²) in [6, 6.07) is 7.13. The predicted molar refractivity (Wildman–Crippen MR) is 84.0 cm³/mol. The fraction of sp³-hybridized carbons (Fsp3) is 0.438. The molecule has 6 heteroatoms. The number of hydrogen-bond donors (Lipinski definition) is 2. The second kappa shape index (κ2) is 6.70. The number of nitrogens with zero attached hydrogens (tertiary/aromatic N) is 3. The smallest absolute Gasteiger partial charge is 0.251 e. The fourth-order valence-electron chi connectivity index (χ4n) is 2.05. The second-order valence-electron chi connectivity index (χ2n) is 5.69. The van der Waals surface area contributed by atoms with Crippen molar-refractivity contribution >= 4 is 5.91 Å². The molecule has 2 aromatic rings. The van der Waals surface area contributed by atoms with Crippen LogP contribution in [0, 0.1) is 19.8 Å². The zero-order chi connectivity index (χ0) is 16.3. The molecular formula is C16H22N4O2. The highest BCUT2D eigenvalue weighted by Crippen LogP contribution is 2.11. The van der Waals surface area contributed by atoms with Crippen LogP contribution in [0.1, 0.15) is 35.9 Å². The van der Waals surface area contributed by atoms with E-state index >= 15 is 0 Å². The van der Waals surface area contributed by atoms with Crippen molar-refractivity contribution in [2.45, 2.75) is 33.8 Å². The lowest BCUT2D eigenvalue weighted by Crippen LogP contribution is -2.34. The Morgan fingerprint density at radius 3 is 2.41 bits per heavy atom. The Labute approximate surface area is 130 Å². The van der Waals surface area contributed by atoms with Crippen molar-refractivity contribution in [3.8, 4) is 5.69 Å². The highest BCUT2D eigenvalue weighted by Gasteiger charge is 2.12. The quantitative estimate of drug-likeness (QED) is 0.880. The van der Waals surface area contributed by atoms with Crippen LogP contribution in [0.25, 0.3) is 5.69 Å². The van der Waals surface area contributed by atoms with E-state index < -0.39 is 6.10 Å². The number of aliphatic hydroxyl groups is 1. The summed E-state index contributed by atoms with van der Waals surface area (Å²) in [5.74, 6) is 1.43. The van der Waals surface area contributed by atoms with Gasteiger partial charge in [0.15, 0.2) is 0 Å². The first-order valence-electron chi connectivity index (χ1n) is 7.35. The van der Waals surface area contributed by atoms with E-state index in [0.29, 0.717) is 11.4 Å². The Hall–Kier alpha value is -2.21. The molecule has 0 bridgehead atoms. The number of aromatic nitrogens is 3. The minimum Gasteiger partial charge on any atom is -0.391 e. The molecular weight excluding hydrogens is 280 g/mol. The number of benzene rings is 1. The fourth-order valence-corrected chi connectivity index (χ4v) is 2.05. The molecule has 1 atom stereocenters. The van der Waals surface area contributed by atoms with Gasteiger partial charge in [0.25, 0.3) is 5.91 Å². The largest absolute Gasteiger partial charge is 0.391 e. The van der Waals surface area contributed by atoms with Crippen molar-refractivity contribution in [1.29, 1.82) is 0 Å². The van der Waals surface area contributed by atoms with E-state index in [1.54, 1.807) is 16.8 Å². The van der Waals surface area contributed by atoms with Gasteiger partial charge in [0.1, 0.15) is 11.6 Å². The number of carbonyl (C=O) groups excluding carboxylic acids is 1. The Kier molecular flexibility index (Phi) is 4.92. The van der Waals surface area contributed by atoms with E-state index in [9.17, 15) is 9.90 Å². The van der Waals surface area contributed by atoms with Gasteiger partial charge in [-0.25, -0.2) is 9.67 Å². The van der Waals surface area contributed by atoms with Crippen LogP contribution in [0.5, 0.6) is 0 Å². The molecule has 2 N–H and O–H groups in total. The van der Waals surface area contributed by atoms with E-state index in [1.807, 2.05) is 39.8 Å². The Bertz CT molecular complexity index is 647. The van der Waals surface area contributed by atoms with Crippen molar-refractivity contribution in [1.82, 2.24) is 20.1 Å². The molecule has 0 aliphatic rings. The van der Waals surface area contributed by atoms with E-state index in [4.69, 9.17) is 0 Å². The third-order valence-electron chi connectivity index (χ3n) is 3.49. The predicted octanol–water partition coefficient (Wildman–Crippen LogP) is 1.63. The molecule has 118 valence electrons. The molecule has 2 rings (SSSR count). The molecule has 0 aliphatic heterocycles. The summed E-state index contributed by atoms with van der Waals surface area (Å²) >= 11 is 0. The van der Waals surface area contributed by atoms with E-state index in [-0.39, 0.29) is 18.4 Å². The van der Waals surface area contributed by atoms with Crippen LogP contribution in [-0.4, -0.2) is 38.4 Å². The number of nitrogens with one attached hydrogen (secondary N) is 1. The highest BCUT2D eigenvalue weighted by atomic mass is 16.3. The normalized spacial score (nSPS) is 12.5. The van der Waals surface area contributed by atoms with Crippen LogP contribution in [0.3, 0.4) is 0 Å². The van der Waals surface area contributed by atoms with Gasteiger partial charge in [-0.15, -0.1) is 0 Å². The topological polar surface area (TPSA) is 80.0 Å². The molecule has 1 aromatic heterocycles. The molecule has 0 saturated carbocycles. The monoisotopic (exact) mass is 302 g/mol. The maximum absolute atomic E-state index is 12.0. The molecule has 0 spiro atoms. The van der Waals surface area contributed by atoms with Crippen molar-refractivity contribution in [3.63, 3.8) is 0 Å². The van der Waals surface area contributed by atoms with Crippen molar-refractivity contribution in [3.05, 3.63) is 41.5 Å². The molecule has 0 aliphatic carbocycles. The van der Waals surface area contributed by atoms with Crippen LogP contribution in [0.4, 0.5) is 0 Å². The summed E-state index contributed by atoms with van der Waals surface area (Å²) in [5.41, 5.74) is 1.41. The molecule has 1 amide bonds. The summed E-state index contributed by atoms with van der Waals surface area (Å²) in [5, 5.41) is 16.8. The first-order chi connectivity index (χ1) is 10.4. The average Bonchev–Trinajstić information content (AvgIpc) is 2.83. The van der Waals surface area contributed by atoms with Crippen LogP contribution in [0.15, 0.2) is 24.3 Å². The first kappa shape index (κ1) is 16.2. The summed E-state index contributed by atoms with van der Waals surface area (Å²) in [4.78, 5) is 16.3. The summed E-state index contributed by atoms with van der Waals surface area (Å²) in [7, 11) is 0. The molecule has 1 aromatic carbocycles. The molecule has 0 fully saturated rings. The number of aliphatic hydroxyl groups excluding tert-OH is 1. The molecule has 1 unspecified atom stereocenters. The van der Waals surface area contributed by atoms with Gasteiger partial charge < -0.3 is 10.4 Å². The number of carbonyl (C=O) groups is 1. The Morgan fingerprint density at radius 1 is 1.27 bits per heavy atom. The van der Waals surface area contributed by atoms with E-state index in [1.165, 1.54) is 0 Å². The molecule has 0 radical (unpaired) electrons. The second-order valence-corrected chi connectivity index (χ2v) is 5.69. The van der Waals surface area contributed by atoms with Gasteiger partial charge in [0.05, 0.1) is 11.8 Å². The molecule has 22 heavy (non-hydrogen) atoms. The van der Waals surface area contributed by atoms with E-state index in [0.717, 1.165) is 11.5 Å². The SMILES string of the molecule is Cc1nc(C)n(-c2ccc(C(=O)NCC(O)C(C)C)cc2)n1. The third kappa shape index (κ3) is 3.71. The van der Waals surface area contributed by atoms with Gasteiger partial charge in [-0.3, -0.25) is 4.79 Å². The lowest BCUT2D eigenvalue weighted by Gasteiger charge is -2.15. The first-order valence-corrected chi connectivity index (χ1v) is 7.35. The van der Waals surface area contributed by atoms with Gasteiger partial charge in [-0.05, 0) is 44.0 Å². The summed E-state index contributed by atoms with van der Waals surface area (Å²) in [6.07, 6.45) is -0.538. The van der Waals surface area contributed by atoms with Gasteiger partial charge in [0, 0.05) is 12.1 Å². The Morgan fingerprint density at radius 2 is 1.91 bits per heavy atom.